The van der Waals surface area contributed by atoms with E-state index >= 15 is 0 Å². The topological polar surface area (TPSA) is 114 Å². The molecule has 2 aromatic rings. The number of nitrogens with zero attached hydrogens (tertiary/aromatic N) is 1. The first-order chi connectivity index (χ1) is 20.7. The van der Waals surface area contributed by atoms with E-state index in [1.54, 1.807) is 65.8 Å². The highest BCUT2D eigenvalue weighted by atomic mass is 16.6. The lowest BCUT2D eigenvalue weighted by Gasteiger charge is -2.43. The number of esters is 1. The third-order valence-electron chi connectivity index (χ3n) is 6.57. The summed E-state index contributed by atoms with van der Waals surface area (Å²) >= 11 is 0. The van der Waals surface area contributed by atoms with Crippen LogP contribution in [0.2, 0.25) is 0 Å². The molecule has 3 unspecified atom stereocenters. The zero-order valence-electron chi connectivity index (χ0n) is 28.9. The Kier molecular flexibility index (Phi) is 12.8. The summed E-state index contributed by atoms with van der Waals surface area (Å²) in [5.41, 5.74) is -1.02. The number of nitrogens with one attached hydrogen (secondary N) is 2. The van der Waals surface area contributed by atoms with Crippen LogP contribution in [0.3, 0.4) is 0 Å². The van der Waals surface area contributed by atoms with E-state index in [1.165, 1.54) is 4.90 Å². The summed E-state index contributed by atoms with van der Waals surface area (Å²) in [5, 5.41) is 5.69. The van der Waals surface area contributed by atoms with E-state index in [0.29, 0.717) is 12.0 Å². The summed E-state index contributed by atoms with van der Waals surface area (Å²) in [5.74, 6) is -1.52. The number of carbonyl (C=O) groups excluding carboxylic acids is 4. The normalized spacial score (nSPS) is 14.1. The highest BCUT2D eigenvalue weighted by Crippen LogP contribution is 2.31. The maximum absolute atomic E-state index is 14.5. The van der Waals surface area contributed by atoms with Gasteiger partial charge in [0.1, 0.15) is 29.3 Å². The Bertz CT molecular complexity index is 1270. The van der Waals surface area contributed by atoms with Gasteiger partial charge in [-0.15, -0.1) is 0 Å². The van der Waals surface area contributed by atoms with E-state index in [0.717, 1.165) is 5.56 Å². The van der Waals surface area contributed by atoms with Crippen molar-refractivity contribution in [3.63, 3.8) is 0 Å². The number of ether oxygens (including phenoxy) is 2. The molecule has 2 aromatic carbocycles. The Hall–Kier alpha value is -3.88. The Morgan fingerprint density at radius 1 is 0.711 bits per heavy atom. The number of amides is 3. The van der Waals surface area contributed by atoms with Gasteiger partial charge in [-0.2, -0.15) is 0 Å². The van der Waals surface area contributed by atoms with Crippen LogP contribution in [0.1, 0.15) is 99.8 Å². The van der Waals surface area contributed by atoms with Gasteiger partial charge >= 0.3 is 12.1 Å². The second-order valence-corrected chi connectivity index (χ2v) is 14.8. The molecule has 9 nitrogen and oxygen atoms in total. The van der Waals surface area contributed by atoms with E-state index in [1.807, 2.05) is 71.0 Å². The molecule has 3 amide bonds. The maximum Gasteiger partial charge on any atom is 0.408 e. The Labute approximate surface area is 269 Å². The van der Waals surface area contributed by atoms with Gasteiger partial charge in [-0.25, -0.2) is 9.59 Å². The van der Waals surface area contributed by atoms with Gasteiger partial charge in [-0.05, 0) is 85.8 Å². The highest BCUT2D eigenvalue weighted by molar-refractivity contribution is 5.94. The standard InChI is InChI=1S/C36H53N3O6/c1-24(2)22-27(38-33(43)45-36(9,10)11)31(41)39(34(3,4)5)29(26-20-16-13-17-21-26)30(40)37-28(32(42)44-35(6,7)8)23-25-18-14-12-15-19-25/h12-21,24,27-29H,22-23H2,1-11H3,(H,37,40)(H,38,43). The van der Waals surface area contributed by atoms with E-state index in [9.17, 15) is 19.2 Å². The maximum atomic E-state index is 14.5. The third-order valence-corrected chi connectivity index (χ3v) is 6.57. The second-order valence-electron chi connectivity index (χ2n) is 14.8. The van der Waals surface area contributed by atoms with Crippen molar-refractivity contribution in [1.82, 2.24) is 15.5 Å². The zero-order chi connectivity index (χ0) is 34.2. The predicted molar refractivity (Wildman–Crippen MR) is 176 cm³/mol. The summed E-state index contributed by atoms with van der Waals surface area (Å²) in [6, 6.07) is 15.2. The summed E-state index contributed by atoms with van der Waals surface area (Å²) in [6.45, 7) is 20.0. The number of benzene rings is 2. The lowest BCUT2D eigenvalue weighted by molar-refractivity contribution is -0.159. The molecule has 9 heteroatoms. The molecule has 0 spiro atoms. The van der Waals surface area contributed by atoms with Crippen LogP contribution in [-0.2, 0) is 30.3 Å². The molecular formula is C36H53N3O6. The largest absolute Gasteiger partial charge is 0.458 e. The molecule has 0 bridgehead atoms. The minimum Gasteiger partial charge on any atom is -0.458 e. The zero-order valence-corrected chi connectivity index (χ0v) is 28.9. The number of hydrogen-bond acceptors (Lipinski definition) is 6. The van der Waals surface area contributed by atoms with Crippen LogP contribution in [-0.4, -0.2) is 57.6 Å². The van der Waals surface area contributed by atoms with Crippen molar-refractivity contribution in [1.29, 1.82) is 0 Å². The van der Waals surface area contributed by atoms with Crippen molar-refractivity contribution in [2.45, 2.75) is 124 Å². The van der Waals surface area contributed by atoms with Gasteiger partial charge in [0.25, 0.3) is 0 Å². The van der Waals surface area contributed by atoms with Gasteiger partial charge in [-0.3, -0.25) is 9.59 Å². The monoisotopic (exact) mass is 623 g/mol. The van der Waals surface area contributed by atoms with Crippen molar-refractivity contribution < 1.29 is 28.7 Å². The smallest absolute Gasteiger partial charge is 0.408 e. The Morgan fingerprint density at radius 3 is 1.69 bits per heavy atom. The molecule has 0 aliphatic carbocycles. The van der Waals surface area contributed by atoms with Crippen molar-refractivity contribution in [2.24, 2.45) is 5.92 Å². The minimum atomic E-state index is -1.13. The van der Waals surface area contributed by atoms with Crippen LogP contribution in [0.4, 0.5) is 4.79 Å². The lowest BCUT2D eigenvalue weighted by atomic mass is 9.93. The second kappa shape index (κ2) is 15.4. The van der Waals surface area contributed by atoms with Crippen molar-refractivity contribution in [3.05, 3.63) is 71.8 Å². The van der Waals surface area contributed by atoms with E-state index in [2.05, 4.69) is 10.6 Å². The summed E-state index contributed by atoms with van der Waals surface area (Å²) < 4.78 is 11.2. The van der Waals surface area contributed by atoms with Gasteiger partial charge in [0.2, 0.25) is 11.8 Å². The van der Waals surface area contributed by atoms with E-state index in [4.69, 9.17) is 9.47 Å². The molecule has 0 aromatic heterocycles. The highest BCUT2D eigenvalue weighted by Gasteiger charge is 2.43. The van der Waals surface area contributed by atoms with Crippen LogP contribution in [0.15, 0.2) is 60.7 Å². The minimum absolute atomic E-state index is 0.0436. The number of rotatable bonds is 11. The van der Waals surface area contributed by atoms with Gasteiger partial charge in [-0.1, -0.05) is 74.5 Å². The molecule has 0 radical (unpaired) electrons. The average Bonchev–Trinajstić information content (AvgIpc) is 2.88. The quantitative estimate of drug-likeness (QED) is 0.282. The molecule has 0 saturated heterocycles. The van der Waals surface area contributed by atoms with Crippen LogP contribution in [0, 0.1) is 5.92 Å². The molecule has 3 atom stereocenters. The SMILES string of the molecule is CC(C)CC(NC(=O)OC(C)(C)C)C(=O)N(C(C(=O)NC(Cc1ccccc1)C(=O)OC(C)(C)C)c1ccccc1)C(C)(C)C. The first-order valence-corrected chi connectivity index (χ1v) is 15.6. The fraction of sp³-hybridized carbons (Fsp3) is 0.556. The molecule has 45 heavy (non-hydrogen) atoms. The predicted octanol–water partition coefficient (Wildman–Crippen LogP) is 6.36. The van der Waals surface area contributed by atoms with Crippen LogP contribution in [0.25, 0.3) is 0 Å². The van der Waals surface area contributed by atoms with Gasteiger partial charge in [0, 0.05) is 12.0 Å². The van der Waals surface area contributed by atoms with Gasteiger partial charge < -0.3 is 25.0 Å². The Balaban J connectivity index is 2.61. The third kappa shape index (κ3) is 12.6. The van der Waals surface area contributed by atoms with Crippen molar-refractivity contribution >= 4 is 23.9 Å². The van der Waals surface area contributed by atoms with Gasteiger partial charge in [0.15, 0.2) is 0 Å². The molecule has 248 valence electrons. The fourth-order valence-electron chi connectivity index (χ4n) is 4.88. The number of hydrogen-bond donors (Lipinski definition) is 2. The van der Waals surface area contributed by atoms with Gasteiger partial charge in [0.05, 0.1) is 0 Å². The van der Waals surface area contributed by atoms with Crippen molar-refractivity contribution in [3.8, 4) is 0 Å². The molecular weight excluding hydrogens is 570 g/mol. The van der Waals surface area contributed by atoms with Crippen LogP contribution in [0.5, 0.6) is 0 Å². The molecule has 2 N–H and O–H groups in total. The van der Waals surface area contributed by atoms with E-state index in [-0.39, 0.29) is 12.3 Å². The Morgan fingerprint density at radius 2 is 1.22 bits per heavy atom. The fourth-order valence-corrected chi connectivity index (χ4v) is 4.88. The first-order valence-electron chi connectivity index (χ1n) is 15.6. The number of alkyl carbamates (subject to hydrolysis) is 1. The molecule has 2 rings (SSSR count). The van der Waals surface area contributed by atoms with E-state index < -0.39 is 58.7 Å². The number of carbonyl (C=O) groups is 4. The van der Waals surface area contributed by atoms with Crippen LogP contribution < -0.4 is 10.6 Å². The molecule has 0 saturated carbocycles. The summed E-state index contributed by atoms with van der Waals surface area (Å²) in [6.07, 6.45) is -0.200. The lowest BCUT2D eigenvalue weighted by Crippen LogP contribution is -2.60. The summed E-state index contributed by atoms with van der Waals surface area (Å²) in [4.78, 5) is 56.8. The molecule has 0 aliphatic rings. The van der Waals surface area contributed by atoms with Crippen molar-refractivity contribution in [2.75, 3.05) is 0 Å². The van der Waals surface area contributed by atoms with Crippen LogP contribution >= 0.6 is 0 Å². The molecule has 0 fully saturated rings. The summed E-state index contributed by atoms with van der Waals surface area (Å²) in [7, 11) is 0. The molecule has 0 aliphatic heterocycles. The first kappa shape index (κ1) is 37.3. The molecule has 0 heterocycles. The average molecular weight is 624 g/mol.